The van der Waals surface area contributed by atoms with Crippen molar-refractivity contribution in [3.8, 4) is 6.07 Å². The Morgan fingerprint density at radius 1 is 0.929 bits per heavy atom. The van der Waals surface area contributed by atoms with Gasteiger partial charge in [-0.25, -0.2) is 17.6 Å². The molecule has 1 heterocycles. The molecule has 1 saturated carbocycles. The van der Waals surface area contributed by atoms with Crippen molar-refractivity contribution >= 4 is 11.9 Å². The second-order valence-corrected chi connectivity index (χ2v) is 7.02. The van der Waals surface area contributed by atoms with Crippen LogP contribution in [0.4, 0.5) is 17.6 Å². The van der Waals surface area contributed by atoms with E-state index in [2.05, 4.69) is 0 Å². The number of carbonyl (C=O) groups excluding carboxylic acids is 2. The number of ether oxygens (including phenoxy) is 2. The zero-order valence-electron chi connectivity index (χ0n) is 15.0. The highest BCUT2D eigenvalue weighted by atomic mass is 19.2. The maximum atomic E-state index is 14.7. The summed E-state index contributed by atoms with van der Waals surface area (Å²) in [5.41, 5.74) is -5.60. The molecule has 1 aliphatic carbocycles. The number of hydrogen-bond acceptors (Lipinski definition) is 5. The Kier molecular flexibility index (Phi) is 5.08. The van der Waals surface area contributed by atoms with Gasteiger partial charge in [-0.05, 0) is 19.3 Å². The van der Waals surface area contributed by atoms with E-state index in [0.29, 0.717) is 12.8 Å². The van der Waals surface area contributed by atoms with Crippen molar-refractivity contribution in [3.05, 3.63) is 34.4 Å². The lowest BCUT2D eigenvalue weighted by molar-refractivity contribution is -0.264. The monoisotopic (exact) mass is 399 g/mol. The average Bonchev–Trinajstić information content (AvgIpc) is 2.65. The van der Waals surface area contributed by atoms with E-state index in [1.165, 1.54) is 6.92 Å². The molecule has 5 nitrogen and oxygen atoms in total. The van der Waals surface area contributed by atoms with Crippen LogP contribution >= 0.6 is 0 Å². The van der Waals surface area contributed by atoms with Crippen LogP contribution in [0.2, 0.25) is 0 Å². The van der Waals surface area contributed by atoms with Crippen LogP contribution in [0.15, 0.2) is 0 Å². The second kappa shape index (κ2) is 7.08. The molecule has 1 aromatic rings. The fraction of sp³-hybridized carbons (Fsp3) is 0.526. The quantitative estimate of drug-likeness (QED) is 0.333. The molecule has 0 aromatic heterocycles. The summed E-state index contributed by atoms with van der Waals surface area (Å²) >= 11 is 0. The summed E-state index contributed by atoms with van der Waals surface area (Å²) in [5.74, 6) is -12.1. The molecule has 9 heteroatoms. The zero-order chi connectivity index (χ0) is 20.7. The number of halogens is 4. The van der Waals surface area contributed by atoms with Crippen LogP contribution in [0.3, 0.4) is 0 Å². The molecule has 1 aliphatic heterocycles. The van der Waals surface area contributed by atoms with E-state index in [0.717, 1.165) is 12.5 Å². The zero-order valence-corrected chi connectivity index (χ0v) is 15.0. The van der Waals surface area contributed by atoms with E-state index < -0.39 is 64.0 Å². The molecule has 1 spiro atoms. The number of nitrogens with zero attached hydrogens (tertiary/aromatic N) is 1. The highest BCUT2D eigenvalue weighted by Crippen LogP contribution is 2.46. The van der Waals surface area contributed by atoms with Gasteiger partial charge in [0.1, 0.15) is 11.6 Å². The largest absolute Gasteiger partial charge is 0.421 e. The highest BCUT2D eigenvalue weighted by Gasteiger charge is 2.62. The lowest BCUT2D eigenvalue weighted by atomic mass is 9.74. The third kappa shape index (κ3) is 2.74. The fourth-order valence-electron chi connectivity index (χ4n) is 3.92. The summed E-state index contributed by atoms with van der Waals surface area (Å²) in [6, 6.07) is 1.03. The number of benzene rings is 1. The summed E-state index contributed by atoms with van der Waals surface area (Å²) < 4.78 is 68.3. The van der Waals surface area contributed by atoms with Crippen LogP contribution < -0.4 is 0 Å². The molecule has 1 saturated heterocycles. The molecule has 1 aromatic carbocycles. The van der Waals surface area contributed by atoms with E-state index in [-0.39, 0.29) is 19.3 Å². The van der Waals surface area contributed by atoms with Crippen LogP contribution in [0.25, 0.3) is 0 Å². The van der Waals surface area contributed by atoms with E-state index in [1.54, 1.807) is 0 Å². The van der Waals surface area contributed by atoms with E-state index >= 15 is 0 Å². The van der Waals surface area contributed by atoms with Crippen molar-refractivity contribution < 1.29 is 36.6 Å². The summed E-state index contributed by atoms with van der Waals surface area (Å²) in [7, 11) is 0. The van der Waals surface area contributed by atoms with Gasteiger partial charge in [0.25, 0.3) is 5.79 Å². The SMILES string of the molecule is CCCC1(c2c(F)c(F)c(C#N)c(F)c2F)C(=O)OC2(CCCCC2)OC1=O. The minimum Gasteiger partial charge on any atom is -0.421 e. The van der Waals surface area contributed by atoms with Gasteiger partial charge in [0.15, 0.2) is 28.7 Å². The molecular formula is C19H17F4NO4. The van der Waals surface area contributed by atoms with Gasteiger partial charge in [-0.1, -0.05) is 19.8 Å². The Bertz CT molecular complexity index is 838. The number of rotatable bonds is 3. The molecule has 2 aliphatic rings. The van der Waals surface area contributed by atoms with Gasteiger partial charge in [0.05, 0.1) is 5.56 Å². The Morgan fingerprint density at radius 3 is 1.86 bits per heavy atom. The second-order valence-electron chi connectivity index (χ2n) is 7.02. The van der Waals surface area contributed by atoms with E-state index in [9.17, 15) is 27.2 Å². The van der Waals surface area contributed by atoms with Crippen molar-refractivity contribution in [2.75, 3.05) is 0 Å². The first kappa shape index (κ1) is 20.1. The third-order valence-corrected chi connectivity index (χ3v) is 5.30. The molecular weight excluding hydrogens is 382 g/mol. The first-order chi connectivity index (χ1) is 13.2. The first-order valence-corrected chi connectivity index (χ1v) is 8.97. The van der Waals surface area contributed by atoms with Crippen LogP contribution in [-0.4, -0.2) is 17.7 Å². The summed E-state index contributed by atoms with van der Waals surface area (Å²) in [4.78, 5) is 25.8. The maximum Gasteiger partial charge on any atom is 0.331 e. The summed E-state index contributed by atoms with van der Waals surface area (Å²) in [5, 5.41) is 8.74. The predicted molar refractivity (Wildman–Crippen MR) is 85.6 cm³/mol. The molecule has 0 unspecified atom stereocenters. The molecule has 2 fully saturated rings. The van der Waals surface area contributed by atoms with Crippen LogP contribution in [0.1, 0.15) is 63.0 Å². The first-order valence-electron chi connectivity index (χ1n) is 8.97. The summed E-state index contributed by atoms with van der Waals surface area (Å²) in [6.45, 7) is 1.51. The molecule has 0 radical (unpaired) electrons. The number of esters is 2. The van der Waals surface area contributed by atoms with Crippen molar-refractivity contribution in [3.63, 3.8) is 0 Å². The Labute approximate surface area is 158 Å². The van der Waals surface area contributed by atoms with Gasteiger partial charge in [-0.2, -0.15) is 5.26 Å². The van der Waals surface area contributed by atoms with Gasteiger partial charge < -0.3 is 9.47 Å². The number of nitriles is 1. The molecule has 0 atom stereocenters. The highest BCUT2D eigenvalue weighted by molar-refractivity contribution is 6.08. The van der Waals surface area contributed by atoms with Crippen molar-refractivity contribution in [1.29, 1.82) is 5.26 Å². The molecule has 150 valence electrons. The van der Waals surface area contributed by atoms with E-state index in [1.807, 2.05) is 0 Å². The lowest BCUT2D eigenvalue weighted by Gasteiger charge is -2.45. The van der Waals surface area contributed by atoms with Gasteiger partial charge in [-0.3, -0.25) is 9.59 Å². The molecule has 0 N–H and O–H groups in total. The average molecular weight is 399 g/mol. The van der Waals surface area contributed by atoms with Crippen molar-refractivity contribution in [2.45, 2.75) is 63.1 Å². The third-order valence-electron chi connectivity index (χ3n) is 5.30. The molecule has 0 bridgehead atoms. The van der Waals surface area contributed by atoms with Gasteiger partial charge in [0, 0.05) is 12.8 Å². The van der Waals surface area contributed by atoms with Crippen molar-refractivity contribution in [1.82, 2.24) is 0 Å². The molecule has 0 amide bonds. The van der Waals surface area contributed by atoms with E-state index in [4.69, 9.17) is 14.7 Å². The summed E-state index contributed by atoms with van der Waals surface area (Å²) in [6.07, 6.45) is 2.10. The number of carbonyl (C=O) groups is 2. The van der Waals surface area contributed by atoms with Gasteiger partial charge in [-0.15, -0.1) is 0 Å². The normalized spacial score (nSPS) is 20.4. The predicted octanol–water partition coefficient (Wildman–Crippen LogP) is 3.91. The topological polar surface area (TPSA) is 76.4 Å². The molecule has 3 rings (SSSR count). The Morgan fingerprint density at radius 2 is 1.43 bits per heavy atom. The minimum absolute atomic E-state index is 0.0549. The van der Waals surface area contributed by atoms with Crippen LogP contribution in [0.5, 0.6) is 0 Å². The Hall–Kier alpha value is -2.63. The van der Waals surface area contributed by atoms with Gasteiger partial charge >= 0.3 is 11.9 Å². The number of hydrogen-bond donors (Lipinski definition) is 0. The van der Waals surface area contributed by atoms with Crippen LogP contribution in [0, 0.1) is 34.6 Å². The van der Waals surface area contributed by atoms with Gasteiger partial charge in [0.2, 0.25) is 0 Å². The molecule has 28 heavy (non-hydrogen) atoms. The maximum absolute atomic E-state index is 14.7. The standard InChI is InChI=1S/C19H17F4NO4/c1-2-6-19(11-14(22)12(20)10(9-24)13(21)15(11)23)16(25)27-18(28-17(19)26)7-4-3-5-8-18/h2-8H2,1H3. The lowest BCUT2D eigenvalue weighted by Crippen LogP contribution is -2.59. The fourth-order valence-corrected chi connectivity index (χ4v) is 3.92. The smallest absolute Gasteiger partial charge is 0.331 e. The van der Waals surface area contributed by atoms with Crippen molar-refractivity contribution in [2.24, 2.45) is 0 Å². The minimum atomic E-state index is -2.69. The van der Waals surface area contributed by atoms with Crippen LogP contribution in [-0.2, 0) is 24.5 Å². The Balaban J connectivity index is 2.21.